The lowest BCUT2D eigenvalue weighted by molar-refractivity contribution is -0.143. The number of hydrogen-bond donors (Lipinski definition) is 1. The Kier molecular flexibility index (Phi) is 7.02. The first-order valence-electron chi connectivity index (χ1n) is 5.65. The van der Waals surface area contributed by atoms with Crippen LogP contribution in [0.5, 0.6) is 0 Å². The fourth-order valence-corrected chi connectivity index (χ4v) is 0.952. The van der Waals surface area contributed by atoms with E-state index in [1.807, 2.05) is 0 Å². The molecule has 1 amide bonds. The molecule has 0 saturated heterocycles. The zero-order chi connectivity index (χ0) is 13.3. The number of alkyl carbamates (subject to hydrolysis) is 1. The standard InChI is InChI=1S/C12H21NO4/c1-5-16-10(14)8-6-7-9-13-11(15)17-12(2,3)4/h7,9H,5-6,8H2,1-4H3,(H,13,15). The van der Waals surface area contributed by atoms with Crippen LogP contribution in [0.25, 0.3) is 0 Å². The molecule has 5 heteroatoms. The zero-order valence-corrected chi connectivity index (χ0v) is 10.9. The van der Waals surface area contributed by atoms with Crippen molar-refractivity contribution in [2.24, 2.45) is 0 Å². The van der Waals surface area contributed by atoms with Crippen molar-refractivity contribution < 1.29 is 19.1 Å². The summed E-state index contributed by atoms with van der Waals surface area (Å²) in [6.07, 6.45) is 3.47. The first-order valence-corrected chi connectivity index (χ1v) is 5.65. The molecule has 0 atom stereocenters. The number of nitrogens with one attached hydrogen (secondary N) is 1. The van der Waals surface area contributed by atoms with Crippen molar-refractivity contribution >= 4 is 12.1 Å². The van der Waals surface area contributed by atoms with Gasteiger partial charge in [0.25, 0.3) is 0 Å². The van der Waals surface area contributed by atoms with Crippen molar-refractivity contribution in [2.45, 2.75) is 46.1 Å². The number of carbonyl (C=O) groups excluding carboxylic acids is 2. The second-order valence-corrected chi connectivity index (χ2v) is 4.39. The van der Waals surface area contributed by atoms with Crippen molar-refractivity contribution in [3.63, 3.8) is 0 Å². The Hall–Kier alpha value is -1.52. The molecule has 0 bridgehead atoms. The Morgan fingerprint density at radius 2 is 1.94 bits per heavy atom. The van der Waals surface area contributed by atoms with Crippen molar-refractivity contribution in [3.8, 4) is 0 Å². The molecule has 0 spiro atoms. The normalized spacial score (nSPS) is 11.3. The van der Waals surface area contributed by atoms with Crippen LogP contribution in [0.2, 0.25) is 0 Å². The van der Waals surface area contributed by atoms with Crippen LogP contribution < -0.4 is 5.32 Å². The van der Waals surface area contributed by atoms with E-state index in [4.69, 9.17) is 9.47 Å². The Balaban J connectivity index is 3.67. The van der Waals surface area contributed by atoms with Crippen LogP contribution in [0.4, 0.5) is 4.79 Å². The third-order valence-electron chi connectivity index (χ3n) is 1.54. The topological polar surface area (TPSA) is 64.6 Å². The molecule has 0 aliphatic carbocycles. The van der Waals surface area contributed by atoms with Crippen molar-refractivity contribution in [3.05, 3.63) is 12.3 Å². The molecule has 0 unspecified atom stereocenters. The second kappa shape index (κ2) is 7.70. The summed E-state index contributed by atoms with van der Waals surface area (Å²) < 4.78 is 9.76. The highest BCUT2D eigenvalue weighted by Gasteiger charge is 2.14. The fourth-order valence-electron chi connectivity index (χ4n) is 0.952. The lowest BCUT2D eigenvalue weighted by atomic mass is 10.2. The first kappa shape index (κ1) is 15.5. The van der Waals surface area contributed by atoms with E-state index in [0.717, 1.165) is 0 Å². The number of hydrogen-bond acceptors (Lipinski definition) is 4. The minimum Gasteiger partial charge on any atom is -0.466 e. The molecule has 0 radical (unpaired) electrons. The summed E-state index contributed by atoms with van der Waals surface area (Å²) in [7, 11) is 0. The van der Waals surface area contributed by atoms with E-state index in [0.29, 0.717) is 19.4 Å². The summed E-state index contributed by atoms with van der Waals surface area (Å²) in [6.45, 7) is 7.52. The molecular weight excluding hydrogens is 222 g/mol. The average molecular weight is 243 g/mol. The molecule has 0 heterocycles. The van der Waals surface area contributed by atoms with Gasteiger partial charge in [-0.05, 0) is 34.1 Å². The maximum atomic E-state index is 11.2. The summed E-state index contributed by atoms with van der Waals surface area (Å²) >= 11 is 0. The number of rotatable bonds is 5. The molecule has 0 rings (SSSR count). The number of carbonyl (C=O) groups is 2. The average Bonchev–Trinajstić information content (AvgIpc) is 2.14. The minimum atomic E-state index is -0.511. The molecule has 0 aliphatic rings. The van der Waals surface area contributed by atoms with Crippen LogP contribution in [0, 0.1) is 0 Å². The predicted octanol–water partition coefficient (Wildman–Crippen LogP) is 2.37. The van der Waals surface area contributed by atoms with Gasteiger partial charge in [0.2, 0.25) is 0 Å². The lowest BCUT2D eigenvalue weighted by Gasteiger charge is -2.18. The van der Waals surface area contributed by atoms with Crippen molar-refractivity contribution in [1.82, 2.24) is 5.32 Å². The van der Waals surface area contributed by atoms with E-state index in [9.17, 15) is 9.59 Å². The number of ether oxygens (including phenoxy) is 2. The van der Waals surface area contributed by atoms with Crippen LogP contribution in [0.15, 0.2) is 12.3 Å². The molecule has 98 valence electrons. The minimum absolute atomic E-state index is 0.241. The highest BCUT2D eigenvalue weighted by molar-refractivity contribution is 5.70. The van der Waals surface area contributed by atoms with Crippen LogP contribution in [-0.2, 0) is 14.3 Å². The van der Waals surface area contributed by atoms with Gasteiger partial charge in [-0.1, -0.05) is 6.08 Å². The summed E-state index contributed by atoms with van der Waals surface area (Å²) in [5, 5.41) is 2.45. The molecule has 5 nitrogen and oxygen atoms in total. The monoisotopic (exact) mass is 243 g/mol. The van der Waals surface area contributed by atoms with E-state index in [1.54, 1.807) is 33.8 Å². The predicted molar refractivity (Wildman–Crippen MR) is 64.4 cm³/mol. The molecule has 1 N–H and O–H groups in total. The number of allylic oxidation sites excluding steroid dienone is 1. The smallest absolute Gasteiger partial charge is 0.411 e. The van der Waals surface area contributed by atoms with E-state index in [-0.39, 0.29) is 5.97 Å². The molecule has 0 aliphatic heterocycles. The summed E-state index contributed by atoms with van der Waals surface area (Å²) in [4.78, 5) is 22.1. The van der Waals surface area contributed by atoms with Crippen LogP contribution in [-0.4, -0.2) is 24.3 Å². The maximum Gasteiger partial charge on any atom is 0.411 e. The van der Waals surface area contributed by atoms with Gasteiger partial charge in [-0.25, -0.2) is 4.79 Å². The third-order valence-corrected chi connectivity index (χ3v) is 1.54. The van der Waals surface area contributed by atoms with Gasteiger partial charge in [-0.15, -0.1) is 0 Å². The summed E-state index contributed by atoms with van der Waals surface area (Å²) in [6, 6.07) is 0. The van der Waals surface area contributed by atoms with E-state index >= 15 is 0 Å². The number of esters is 1. The Labute approximate surface area is 102 Å². The van der Waals surface area contributed by atoms with E-state index in [2.05, 4.69) is 5.32 Å². The van der Waals surface area contributed by atoms with Crippen LogP contribution >= 0.6 is 0 Å². The summed E-state index contributed by atoms with van der Waals surface area (Å²) in [5.74, 6) is -0.241. The largest absolute Gasteiger partial charge is 0.466 e. The molecule has 0 aromatic rings. The summed E-state index contributed by atoms with van der Waals surface area (Å²) in [5.41, 5.74) is -0.511. The zero-order valence-electron chi connectivity index (χ0n) is 10.9. The van der Waals surface area contributed by atoms with Gasteiger partial charge in [0.1, 0.15) is 5.60 Å². The Bertz CT molecular complexity index is 279. The molecule has 0 fully saturated rings. The third kappa shape index (κ3) is 10.8. The van der Waals surface area contributed by atoms with Crippen molar-refractivity contribution in [1.29, 1.82) is 0 Å². The van der Waals surface area contributed by atoms with Gasteiger partial charge in [-0.3, -0.25) is 10.1 Å². The molecule has 0 saturated carbocycles. The molecule has 0 aromatic heterocycles. The SMILES string of the molecule is CCOC(=O)CCC=CNC(=O)OC(C)(C)C. The van der Waals surface area contributed by atoms with Crippen molar-refractivity contribution in [2.75, 3.05) is 6.61 Å². The van der Waals surface area contributed by atoms with Gasteiger partial charge in [-0.2, -0.15) is 0 Å². The lowest BCUT2D eigenvalue weighted by Crippen LogP contribution is -2.29. The van der Waals surface area contributed by atoms with Gasteiger partial charge < -0.3 is 9.47 Å². The molecule has 0 aromatic carbocycles. The second-order valence-electron chi connectivity index (χ2n) is 4.39. The molecular formula is C12H21NO4. The van der Waals surface area contributed by atoms with Gasteiger partial charge in [0.05, 0.1) is 6.61 Å². The van der Waals surface area contributed by atoms with E-state index < -0.39 is 11.7 Å². The highest BCUT2D eigenvalue weighted by atomic mass is 16.6. The van der Waals surface area contributed by atoms with Gasteiger partial charge >= 0.3 is 12.1 Å². The molecule has 17 heavy (non-hydrogen) atoms. The van der Waals surface area contributed by atoms with E-state index in [1.165, 1.54) is 6.20 Å². The first-order chi connectivity index (χ1) is 7.85. The number of amides is 1. The Morgan fingerprint density at radius 3 is 2.47 bits per heavy atom. The van der Waals surface area contributed by atoms with Crippen LogP contribution in [0.3, 0.4) is 0 Å². The fraction of sp³-hybridized carbons (Fsp3) is 0.667. The highest BCUT2D eigenvalue weighted by Crippen LogP contribution is 2.06. The Morgan fingerprint density at radius 1 is 1.29 bits per heavy atom. The quantitative estimate of drug-likeness (QED) is 0.753. The van der Waals surface area contributed by atoms with Gasteiger partial charge in [0, 0.05) is 12.6 Å². The van der Waals surface area contributed by atoms with Gasteiger partial charge in [0.15, 0.2) is 0 Å². The maximum absolute atomic E-state index is 11.2. The van der Waals surface area contributed by atoms with Crippen LogP contribution in [0.1, 0.15) is 40.5 Å².